The molecule has 0 aliphatic heterocycles. The second-order valence-corrected chi connectivity index (χ2v) is 7.64. The first-order valence-electron chi connectivity index (χ1n) is 7.82. The highest BCUT2D eigenvalue weighted by Crippen LogP contribution is 2.33. The molecular weight excluding hydrogens is 358 g/mol. The van der Waals surface area contributed by atoms with Gasteiger partial charge in [0.05, 0.1) is 23.0 Å². The fourth-order valence-electron chi connectivity index (χ4n) is 2.57. The van der Waals surface area contributed by atoms with Crippen molar-refractivity contribution in [3.8, 4) is 5.75 Å². The number of nitro benzene ring substituents is 1. The molecule has 0 unspecified atom stereocenters. The summed E-state index contributed by atoms with van der Waals surface area (Å²) in [6.45, 7) is 3.79. The van der Waals surface area contributed by atoms with Crippen LogP contribution in [-0.4, -0.2) is 27.5 Å². The highest BCUT2D eigenvalue weighted by molar-refractivity contribution is 7.89. The van der Waals surface area contributed by atoms with Gasteiger partial charge in [-0.15, -0.1) is 0 Å². The number of nitrogens with one attached hydrogen (secondary N) is 2. The van der Waals surface area contributed by atoms with Gasteiger partial charge in [0, 0.05) is 11.6 Å². The third kappa shape index (κ3) is 4.12. The predicted molar refractivity (Wildman–Crippen MR) is 99.1 cm³/mol. The number of methoxy groups -OCH3 is 1. The molecule has 0 amide bonds. The Balaban J connectivity index is 2.43. The molecule has 1 atom stereocenters. The summed E-state index contributed by atoms with van der Waals surface area (Å²) in [7, 11) is -0.964. The van der Waals surface area contributed by atoms with Crippen molar-refractivity contribution in [2.24, 2.45) is 0 Å². The van der Waals surface area contributed by atoms with E-state index in [-0.39, 0.29) is 22.3 Å². The Labute approximate surface area is 152 Å². The van der Waals surface area contributed by atoms with E-state index in [4.69, 9.17) is 4.74 Å². The van der Waals surface area contributed by atoms with Gasteiger partial charge in [-0.2, -0.15) is 0 Å². The van der Waals surface area contributed by atoms with E-state index in [0.717, 1.165) is 17.2 Å². The predicted octanol–water partition coefficient (Wildman–Crippen LogP) is 2.99. The largest absolute Gasteiger partial charge is 0.496 e. The van der Waals surface area contributed by atoms with E-state index in [1.807, 2.05) is 32.0 Å². The number of sulfonamides is 1. The van der Waals surface area contributed by atoms with Crippen LogP contribution in [0.5, 0.6) is 5.75 Å². The summed E-state index contributed by atoms with van der Waals surface area (Å²) >= 11 is 0. The zero-order valence-corrected chi connectivity index (χ0v) is 15.8. The van der Waals surface area contributed by atoms with Crippen molar-refractivity contribution < 1.29 is 18.1 Å². The summed E-state index contributed by atoms with van der Waals surface area (Å²) in [5.74, 6) is 0.660. The molecule has 0 radical (unpaired) electrons. The number of ether oxygens (including phenoxy) is 1. The molecule has 0 aliphatic rings. The van der Waals surface area contributed by atoms with E-state index < -0.39 is 14.9 Å². The van der Waals surface area contributed by atoms with E-state index in [2.05, 4.69) is 10.0 Å². The van der Waals surface area contributed by atoms with Crippen molar-refractivity contribution in [2.45, 2.75) is 24.8 Å². The van der Waals surface area contributed by atoms with Crippen molar-refractivity contribution >= 4 is 21.4 Å². The Kier molecular flexibility index (Phi) is 5.83. The lowest BCUT2D eigenvalue weighted by molar-refractivity contribution is -0.384. The van der Waals surface area contributed by atoms with Crippen LogP contribution in [-0.2, 0) is 10.0 Å². The molecule has 26 heavy (non-hydrogen) atoms. The number of nitro groups is 1. The summed E-state index contributed by atoms with van der Waals surface area (Å²) in [5.41, 5.74) is 1.77. The van der Waals surface area contributed by atoms with Crippen LogP contribution in [0.3, 0.4) is 0 Å². The second-order valence-electron chi connectivity index (χ2n) is 5.76. The molecule has 0 heterocycles. The van der Waals surface area contributed by atoms with Crippen LogP contribution in [0.15, 0.2) is 41.3 Å². The fraction of sp³-hybridized carbons (Fsp3) is 0.294. The average Bonchev–Trinajstić information content (AvgIpc) is 2.61. The minimum atomic E-state index is -3.77. The third-order valence-electron chi connectivity index (χ3n) is 3.97. The molecule has 0 fully saturated rings. The van der Waals surface area contributed by atoms with Gasteiger partial charge < -0.3 is 10.1 Å². The zero-order valence-electron chi connectivity index (χ0n) is 14.9. The van der Waals surface area contributed by atoms with E-state index in [1.165, 1.54) is 19.2 Å². The molecule has 0 bridgehead atoms. The van der Waals surface area contributed by atoms with Crippen molar-refractivity contribution in [3.05, 3.63) is 57.6 Å². The summed E-state index contributed by atoms with van der Waals surface area (Å²) < 4.78 is 31.3. The molecule has 2 aromatic rings. The SMILES string of the molecule is CNS(=O)(=O)c1ccc(N[C@H](C)c2cc(C)ccc2OC)c([N+](=O)[O-])c1. The minimum absolute atomic E-state index is 0.168. The Morgan fingerprint density at radius 3 is 2.46 bits per heavy atom. The fourth-order valence-corrected chi connectivity index (χ4v) is 3.32. The maximum Gasteiger partial charge on any atom is 0.293 e. The van der Waals surface area contributed by atoms with Crippen molar-refractivity contribution in [3.63, 3.8) is 0 Å². The lowest BCUT2D eigenvalue weighted by atomic mass is 10.0. The number of anilines is 1. The number of hydrogen-bond acceptors (Lipinski definition) is 6. The van der Waals surface area contributed by atoms with Gasteiger partial charge in [-0.3, -0.25) is 10.1 Å². The van der Waals surface area contributed by atoms with Crippen LogP contribution in [0, 0.1) is 17.0 Å². The van der Waals surface area contributed by atoms with Gasteiger partial charge in [-0.25, -0.2) is 13.1 Å². The molecule has 8 nitrogen and oxygen atoms in total. The Morgan fingerprint density at radius 1 is 1.19 bits per heavy atom. The van der Waals surface area contributed by atoms with Gasteiger partial charge in [0.1, 0.15) is 11.4 Å². The topological polar surface area (TPSA) is 111 Å². The molecule has 2 N–H and O–H groups in total. The lowest BCUT2D eigenvalue weighted by Crippen LogP contribution is -2.19. The van der Waals surface area contributed by atoms with E-state index in [0.29, 0.717) is 5.75 Å². The number of hydrogen-bond donors (Lipinski definition) is 2. The highest BCUT2D eigenvalue weighted by Gasteiger charge is 2.22. The standard InChI is InChI=1S/C17H21N3O5S/c1-11-5-8-17(25-4)14(9-11)12(2)19-15-7-6-13(26(23,24)18-3)10-16(15)20(21)22/h5-10,12,18-19H,1-4H3/t12-/m1/s1. The molecule has 0 aromatic heterocycles. The van der Waals surface area contributed by atoms with Gasteiger partial charge in [-0.1, -0.05) is 17.7 Å². The first-order chi connectivity index (χ1) is 12.2. The molecule has 0 aliphatic carbocycles. The summed E-state index contributed by atoms with van der Waals surface area (Å²) in [6.07, 6.45) is 0. The summed E-state index contributed by atoms with van der Waals surface area (Å²) in [4.78, 5) is 10.6. The molecule has 9 heteroatoms. The zero-order chi connectivity index (χ0) is 19.5. The quantitative estimate of drug-likeness (QED) is 0.565. The van der Waals surface area contributed by atoms with Gasteiger partial charge >= 0.3 is 0 Å². The number of nitrogens with zero attached hydrogens (tertiary/aromatic N) is 1. The number of aryl methyl sites for hydroxylation is 1. The maximum atomic E-state index is 11.9. The second kappa shape index (κ2) is 7.71. The summed E-state index contributed by atoms with van der Waals surface area (Å²) in [5, 5.41) is 14.5. The van der Waals surface area contributed by atoms with Gasteiger partial charge in [0.25, 0.3) is 5.69 Å². The third-order valence-corrected chi connectivity index (χ3v) is 5.38. The van der Waals surface area contributed by atoms with Crippen molar-refractivity contribution in [1.29, 1.82) is 0 Å². The molecular formula is C17H21N3O5S. The first kappa shape index (κ1) is 19.7. The van der Waals surface area contributed by atoms with Crippen LogP contribution in [0.2, 0.25) is 0 Å². The van der Waals surface area contributed by atoms with Crippen LogP contribution in [0.25, 0.3) is 0 Å². The van der Waals surface area contributed by atoms with E-state index >= 15 is 0 Å². The summed E-state index contributed by atoms with van der Waals surface area (Å²) in [6, 6.07) is 9.13. The molecule has 140 valence electrons. The van der Waals surface area contributed by atoms with E-state index in [9.17, 15) is 18.5 Å². The van der Waals surface area contributed by atoms with E-state index in [1.54, 1.807) is 7.11 Å². The Morgan fingerprint density at radius 2 is 1.88 bits per heavy atom. The van der Waals surface area contributed by atoms with Gasteiger partial charge in [-0.05, 0) is 39.1 Å². The lowest BCUT2D eigenvalue weighted by Gasteiger charge is -2.19. The van der Waals surface area contributed by atoms with Gasteiger partial charge in [0.2, 0.25) is 10.0 Å². The molecule has 0 saturated carbocycles. The average molecular weight is 379 g/mol. The molecule has 2 aromatic carbocycles. The Hall–Kier alpha value is -2.65. The van der Waals surface area contributed by atoms with Crippen LogP contribution in [0.1, 0.15) is 24.1 Å². The molecule has 2 rings (SSSR count). The number of rotatable bonds is 7. The van der Waals surface area contributed by atoms with Gasteiger partial charge in [0.15, 0.2) is 0 Å². The van der Waals surface area contributed by atoms with Crippen LogP contribution in [0.4, 0.5) is 11.4 Å². The first-order valence-corrected chi connectivity index (χ1v) is 9.31. The maximum absolute atomic E-state index is 11.9. The smallest absolute Gasteiger partial charge is 0.293 e. The normalized spacial score (nSPS) is 12.5. The Bertz CT molecular complexity index is 928. The highest BCUT2D eigenvalue weighted by atomic mass is 32.2. The van der Waals surface area contributed by atoms with Crippen molar-refractivity contribution in [1.82, 2.24) is 4.72 Å². The number of benzene rings is 2. The minimum Gasteiger partial charge on any atom is -0.496 e. The van der Waals surface area contributed by atoms with Crippen molar-refractivity contribution in [2.75, 3.05) is 19.5 Å². The van der Waals surface area contributed by atoms with Crippen LogP contribution >= 0.6 is 0 Å². The molecule has 0 saturated heterocycles. The molecule has 0 spiro atoms. The monoisotopic (exact) mass is 379 g/mol. The van der Waals surface area contributed by atoms with Crippen LogP contribution < -0.4 is 14.8 Å².